The van der Waals surface area contributed by atoms with Gasteiger partial charge in [-0.15, -0.1) is 0 Å². The van der Waals surface area contributed by atoms with Crippen molar-refractivity contribution in [3.8, 4) is 6.07 Å². The van der Waals surface area contributed by atoms with E-state index in [4.69, 9.17) is 5.26 Å². The number of nitrogens with one attached hydrogen (secondary N) is 1. The smallest absolute Gasteiger partial charge is 0.189 e. The zero-order valence-corrected chi connectivity index (χ0v) is 12.2. The van der Waals surface area contributed by atoms with Crippen LogP contribution in [0.1, 0.15) is 25.8 Å². The van der Waals surface area contributed by atoms with Crippen molar-refractivity contribution in [2.45, 2.75) is 31.5 Å². The molecule has 0 saturated heterocycles. The molecule has 2 unspecified atom stereocenters. The molecule has 19 heavy (non-hydrogen) atoms. The summed E-state index contributed by atoms with van der Waals surface area (Å²) in [5, 5.41) is 22.4. The zero-order chi connectivity index (χ0) is 14.0. The highest BCUT2D eigenvalue weighted by molar-refractivity contribution is 7.98. The van der Waals surface area contributed by atoms with Crippen molar-refractivity contribution in [3.63, 3.8) is 0 Å². The van der Waals surface area contributed by atoms with Gasteiger partial charge >= 0.3 is 0 Å². The molecule has 0 radical (unpaired) electrons. The van der Waals surface area contributed by atoms with Gasteiger partial charge in [-0.05, 0) is 24.0 Å². The molecule has 1 fully saturated rings. The summed E-state index contributed by atoms with van der Waals surface area (Å²) in [5.41, 5.74) is 0.465. The summed E-state index contributed by atoms with van der Waals surface area (Å²) in [4.78, 5) is 8.45. The van der Waals surface area contributed by atoms with Crippen LogP contribution >= 0.6 is 11.8 Å². The van der Waals surface area contributed by atoms with Crippen LogP contribution in [-0.2, 0) is 0 Å². The Morgan fingerprint density at radius 1 is 1.63 bits per heavy atom. The fourth-order valence-corrected chi connectivity index (χ4v) is 2.73. The lowest BCUT2D eigenvalue weighted by molar-refractivity contribution is 0.00446. The maximum atomic E-state index is 9.28. The molecular weight excluding hydrogens is 260 g/mol. The Balaban J connectivity index is 2.18. The van der Waals surface area contributed by atoms with Gasteiger partial charge < -0.3 is 10.4 Å². The first kappa shape index (κ1) is 14.1. The normalized spacial score (nSPS) is 24.4. The van der Waals surface area contributed by atoms with E-state index < -0.39 is 0 Å². The maximum Gasteiger partial charge on any atom is 0.189 e. The quantitative estimate of drug-likeness (QED) is 0.646. The van der Waals surface area contributed by atoms with Gasteiger partial charge in [-0.3, -0.25) is 0 Å². The van der Waals surface area contributed by atoms with Crippen LogP contribution in [0.2, 0.25) is 0 Å². The highest BCUT2D eigenvalue weighted by atomic mass is 32.2. The van der Waals surface area contributed by atoms with Gasteiger partial charge in [0.25, 0.3) is 0 Å². The Morgan fingerprint density at radius 3 is 2.89 bits per heavy atom. The fraction of sp³-hybridized carbons (Fsp3) is 0.615. The molecule has 0 aliphatic heterocycles. The summed E-state index contributed by atoms with van der Waals surface area (Å²) in [6.07, 6.45) is 4.35. The molecule has 0 bridgehead atoms. The largest absolute Gasteiger partial charge is 0.396 e. The van der Waals surface area contributed by atoms with Crippen LogP contribution < -0.4 is 5.32 Å². The lowest BCUT2D eigenvalue weighted by Crippen LogP contribution is -2.54. The Hall–Kier alpha value is -1.32. The molecular formula is C13H18N4OS. The summed E-state index contributed by atoms with van der Waals surface area (Å²) in [5.74, 6) is 0.897. The molecule has 1 aromatic rings. The number of aliphatic hydroxyl groups excluding tert-OH is 1. The molecule has 2 rings (SSSR count). The van der Waals surface area contributed by atoms with Gasteiger partial charge in [0, 0.05) is 12.6 Å². The van der Waals surface area contributed by atoms with Gasteiger partial charge in [0.1, 0.15) is 17.5 Å². The van der Waals surface area contributed by atoms with Crippen LogP contribution in [0.3, 0.4) is 0 Å². The third-order valence-corrected chi connectivity index (χ3v) is 4.63. The summed E-state index contributed by atoms with van der Waals surface area (Å²) < 4.78 is 0. The van der Waals surface area contributed by atoms with Gasteiger partial charge in [-0.2, -0.15) is 5.26 Å². The average Bonchev–Trinajstić information content (AvgIpc) is 2.42. The van der Waals surface area contributed by atoms with E-state index in [0.717, 1.165) is 6.42 Å². The van der Waals surface area contributed by atoms with E-state index >= 15 is 0 Å². The predicted molar refractivity (Wildman–Crippen MR) is 74.9 cm³/mol. The van der Waals surface area contributed by atoms with Crippen LogP contribution in [-0.4, -0.2) is 34.0 Å². The molecule has 0 aromatic carbocycles. The number of hydrogen-bond acceptors (Lipinski definition) is 6. The molecule has 2 N–H and O–H groups in total. The number of anilines is 1. The third kappa shape index (κ3) is 2.53. The number of hydrogen-bond donors (Lipinski definition) is 2. The molecule has 6 heteroatoms. The number of nitriles is 1. The van der Waals surface area contributed by atoms with E-state index in [-0.39, 0.29) is 18.1 Å². The molecule has 0 amide bonds. The number of aliphatic hydroxyl groups is 1. The number of rotatable bonds is 4. The average molecular weight is 278 g/mol. The minimum Gasteiger partial charge on any atom is -0.396 e. The van der Waals surface area contributed by atoms with Crippen molar-refractivity contribution < 1.29 is 5.11 Å². The van der Waals surface area contributed by atoms with Gasteiger partial charge in [-0.25, -0.2) is 9.97 Å². The summed E-state index contributed by atoms with van der Waals surface area (Å²) >= 11 is 1.45. The minimum absolute atomic E-state index is 0.00590. The monoisotopic (exact) mass is 278 g/mol. The maximum absolute atomic E-state index is 9.28. The highest BCUT2D eigenvalue weighted by Crippen LogP contribution is 2.47. The molecule has 1 aromatic heterocycles. The van der Waals surface area contributed by atoms with E-state index in [0.29, 0.717) is 22.5 Å². The fourth-order valence-electron chi connectivity index (χ4n) is 2.39. The Bertz CT molecular complexity index is 512. The van der Waals surface area contributed by atoms with Crippen LogP contribution in [0, 0.1) is 22.7 Å². The van der Waals surface area contributed by atoms with Crippen LogP contribution in [0.15, 0.2) is 11.4 Å². The summed E-state index contributed by atoms with van der Waals surface area (Å²) in [6, 6.07) is 2.33. The van der Waals surface area contributed by atoms with Crippen LogP contribution in [0.25, 0.3) is 0 Å². The number of aromatic nitrogens is 2. The lowest BCUT2D eigenvalue weighted by atomic mass is 9.59. The standard InChI is InChI=1S/C13H18N4OS/c1-13(2)9(7-18)4-10(13)16-11-8(5-14)6-15-12(17-11)19-3/h6,9-10,18H,4,7H2,1-3H3,(H,15,16,17). The minimum atomic E-state index is 0.00590. The second-order valence-corrected chi connectivity index (χ2v) is 6.14. The van der Waals surface area contributed by atoms with Crippen LogP contribution in [0.4, 0.5) is 5.82 Å². The molecule has 5 nitrogen and oxygen atoms in total. The van der Waals surface area contributed by atoms with Crippen molar-refractivity contribution in [2.75, 3.05) is 18.2 Å². The number of nitrogens with zero attached hydrogens (tertiary/aromatic N) is 3. The Morgan fingerprint density at radius 2 is 2.37 bits per heavy atom. The van der Waals surface area contributed by atoms with E-state index in [2.05, 4.69) is 35.2 Å². The van der Waals surface area contributed by atoms with E-state index in [1.807, 2.05) is 6.26 Å². The van der Waals surface area contributed by atoms with E-state index in [1.165, 1.54) is 11.8 Å². The number of thioether (sulfide) groups is 1. The SMILES string of the molecule is CSc1ncc(C#N)c(NC2CC(CO)C2(C)C)n1. The van der Waals surface area contributed by atoms with Crippen molar-refractivity contribution in [1.29, 1.82) is 5.26 Å². The van der Waals surface area contributed by atoms with Gasteiger partial charge in [0.15, 0.2) is 5.16 Å². The molecule has 102 valence electrons. The molecule has 0 spiro atoms. The molecule has 2 atom stereocenters. The Labute approximate surface area is 117 Å². The molecule has 1 aliphatic carbocycles. The summed E-state index contributed by atoms with van der Waals surface area (Å²) in [6.45, 7) is 4.45. The lowest BCUT2D eigenvalue weighted by Gasteiger charge is -2.52. The first-order valence-corrected chi connectivity index (χ1v) is 7.44. The Kier molecular flexibility index (Phi) is 3.97. The zero-order valence-electron chi connectivity index (χ0n) is 11.3. The highest BCUT2D eigenvalue weighted by Gasteiger charge is 2.47. The second kappa shape index (κ2) is 5.35. The topological polar surface area (TPSA) is 81.8 Å². The second-order valence-electron chi connectivity index (χ2n) is 5.36. The van der Waals surface area contributed by atoms with Crippen molar-refractivity contribution in [2.24, 2.45) is 11.3 Å². The molecule has 1 aliphatic rings. The first-order chi connectivity index (χ1) is 9.02. The third-order valence-electron chi connectivity index (χ3n) is 4.07. The van der Waals surface area contributed by atoms with Gasteiger partial charge in [-0.1, -0.05) is 25.6 Å². The van der Waals surface area contributed by atoms with Crippen molar-refractivity contribution in [1.82, 2.24) is 9.97 Å². The van der Waals surface area contributed by atoms with Gasteiger partial charge in [0.05, 0.1) is 6.20 Å². The van der Waals surface area contributed by atoms with Gasteiger partial charge in [0.2, 0.25) is 0 Å². The molecule has 1 saturated carbocycles. The van der Waals surface area contributed by atoms with Crippen LogP contribution in [0.5, 0.6) is 0 Å². The molecule has 1 heterocycles. The van der Waals surface area contributed by atoms with Crippen molar-refractivity contribution in [3.05, 3.63) is 11.8 Å². The predicted octanol–water partition coefficient (Wildman–Crippen LogP) is 1.89. The van der Waals surface area contributed by atoms with E-state index in [9.17, 15) is 5.11 Å². The first-order valence-electron chi connectivity index (χ1n) is 6.21. The van der Waals surface area contributed by atoms with E-state index in [1.54, 1.807) is 6.20 Å². The summed E-state index contributed by atoms with van der Waals surface area (Å²) in [7, 11) is 0. The van der Waals surface area contributed by atoms with Crippen molar-refractivity contribution >= 4 is 17.6 Å².